The van der Waals surface area contributed by atoms with Crippen molar-refractivity contribution >= 4 is 23.6 Å². The lowest BCUT2D eigenvalue weighted by Gasteiger charge is -2.02. The molecular formula is C11H14N2O2S. The van der Waals surface area contributed by atoms with Gasteiger partial charge in [0.2, 0.25) is 11.8 Å². The Balaban J connectivity index is 2.16. The molecule has 0 aromatic heterocycles. The van der Waals surface area contributed by atoms with Gasteiger partial charge in [-0.3, -0.25) is 9.59 Å². The Kier molecular flexibility index (Phi) is 5.42. The molecule has 2 amide bonds. The summed E-state index contributed by atoms with van der Waals surface area (Å²) in [5.41, 5.74) is 6.08. The lowest BCUT2D eigenvalue weighted by molar-refractivity contribution is -0.123. The molecule has 1 aromatic carbocycles. The number of carbonyl (C=O) groups excluding carboxylic acids is 2. The van der Waals surface area contributed by atoms with E-state index in [9.17, 15) is 9.59 Å². The molecule has 0 atom stereocenters. The average molecular weight is 238 g/mol. The summed E-state index contributed by atoms with van der Waals surface area (Å²) in [5, 5.41) is 2.43. The molecule has 0 saturated carbocycles. The molecule has 0 aliphatic heterocycles. The quantitative estimate of drug-likeness (QED) is 0.759. The van der Waals surface area contributed by atoms with Crippen molar-refractivity contribution in [3.63, 3.8) is 0 Å². The van der Waals surface area contributed by atoms with Crippen molar-refractivity contribution in [1.29, 1.82) is 0 Å². The summed E-state index contributed by atoms with van der Waals surface area (Å²) in [6.45, 7) is -0.0925. The molecule has 16 heavy (non-hydrogen) atoms. The molecule has 4 nitrogen and oxygen atoms in total. The number of primary amides is 1. The highest BCUT2D eigenvalue weighted by atomic mass is 32.2. The second-order valence-electron chi connectivity index (χ2n) is 3.22. The topological polar surface area (TPSA) is 72.2 Å². The van der Waals surface area contributed by atoms with E-state index < -0.39 is 5.91 Å². The summed E-state index contributed by atoms with van der Waals surface area (Å²) in [5.74, 6) is 0.425. The van der Waals surface area contributed by atoms with Crippen LogP contribution in [0.25, 0.3) is 0 Å². The number of nitrogens with one attached hydrogen (secondary N) is 1. The SMILES string of the molecule is NC(=O)CNC(=O)CSCc1ccccc1. The van der Waals surface area contributed by atoms with Crippen molar-refractivity contribution in [1.82, 2.24) is 5.32 Å². The van der Waals surface area contributed by atoms with Crippen molar-refractivity contribution in [3.05, 3.63) is 35.9 Å². The molecule has 0 fully saturated rings. The highest BCUT2D eigenvalue weighted by molar-refractivity contribution is 7.99. The first-order chi connectivity index (χ1) is 7.68. The predicted octanol–water partition coefficient (Wildman–Crippen LogP) is 0.521. The molecule has 0 saturated heterocycles. The van der Waals surface area contributed by atoms with E-state index in [1.165, 1.54) is 17.3 Å². The summed E-state index contributed by atoms with van der Waals surface area (Å²) < 4.78 is 0. The van der Waals surface area contributed by atoms with E-state index in [4.69, 9.17) is 5.73 Å². The number of rotatable bonds is 6. The monoisotopic (exact) mass is 238 g/mol. The Bertz CT molecular complexity index is 354. The Hall–Kier alpha value is -1.49. The molecule has 0 aliphatic rings. The number of carbonyl (C=O) groups is 2. The Morgan fingerprint density at radius 3 is 2.56 bits per heavy atom. The first-order valence-corrected chi connectivity index (χ1v) is 6.00. The van der Waals surface area contributed by atoms with Crippen LogP contribution in [0.1, 0.15) is 5.56 Å². The number of thioether (sulfide) groups is 1. The van der Waals surface area contributed by atoms with Crippen LogP contribution in [0, 0.1) is 0 Å². The largest absolute Gasteiger partial charge is 0.368 e. The standard InChI is InChI=1S/C11H14N2O2S/c12-10(14)6-13-11(15)8-16-7-9-4-2-1-3-5-9/h1-5H,6-8H2,(H2,12,14)(H,13,15). The fourth-order valence-corrected chi connectivity index (χ4v) is 1.89. The van der Waals surface area contributed by atoms with Crippen LogP contribution in [0.5, 0.6) is 0 Å². The second kappa shape index (κ2) is 6.90. The van der Waals surface area contributed by atoms with Gasteiger partial charge in [-0.05, 0) is 5.56 Å². The number of hydrogen-bond donors (Lipinski definition) is 2. The van der Waals surface area contributed by atoms with E-state index in [0.29, 0.717) is 5.75 Å². The second-order valence-corrected chi connectivity index (χ2v) is 4.21. The highest BCUT2D eigenvalue weighted by Crippen LogP contribution is 2.10. The van der Waals surface area contributed by atoms with Crippen molar-refractivity contribution in [2.24, 2.45) is 5.73 Å². The van der Waals surface area contributed by atoms with E-state index >= 15 is 0 Å². The number of amides is 2. The van der Waals surface area contributed by atoms with E-state index in [1.54, 1.807) is 0 Å². The van der Waals surface area contributed by atoms with Gasteiger partial charge in [0.15, 0.2) is 0 Å². The van der Waals surface area contributed by atoms with Gasteiger partial charge in [0.25, 0.3) is 0 Å². The van der Waals surface area contributed by atoms with E-state index in [0.717, 1.165) is 5.75 Å². The lowest BCUT2D eigenvalue weighted by atomic mass is 10.2. The zero-order valence-corrected chi connectivity index (χ0v) is 9.63. The molecule has 0 bridgehead atoms. The minimum absolute atomic E-state index is 0.0925. The smallest absolute Gasteiger partial charge is 0.236 e. The molecule has 0 aliphatic carbocycles. The van der Waals surface area contributed by atoms with Crippen LogP contribution in [0.4, 0.5) is 0 Å². The Labute approximate surface area is 98.6 Å². The van der Waals surface area contributed by atoms with Gasteiger partial charge >= 0.3 is 0 Å². The first-order valence-electron chi connectivity index (χ1n) is 4.85. The number of nitrogens with two attached hydrogens (primary N) is 1. The highest BCUT2D eigenvalue weighted by Gasteiger charge is 2.02. The maximum atomic E-state index is 11.2. The van der Waals surface area contributed by atoms with Crippen LogP contribution < -0.4 is 11.1 Å². The zero-order valence-electron chi connectivity index (χ0n) is 8.81. The first kappa shape index (κ1) is 12.6. The molecule has 3 N–H and O–H groups in total. The van der Waals surface area contributed by atoms with Crippen LogP contribution in [0.15, 0.2) is 30.3 Å². The van der Waals surface area contributed by atoms with Crippen LogP contribution in [-0.2, 0) is 15.3 Å². The maximum Gasteiger partial charge on any atom is 0.236 e. The molecule has 1 rings (SSSR count). The van der Waals surface area contributed by atoms with Crippen LogP contribution in [0.3, 0.4) is 0 Å². The van der Waals surface area contributed by atoms with Crippen molar-refractivity contribution < 1.29 is 9.59 Å². The molecule has 1 aromatic rings. The van der Waals surface area contributed by atoms with E-state index in [-0.39, 0.29) is 12.5 Å². The van der Waals surface area contributed by atoms with Crippen molar-refractivity contribution in [2.75, 3.05) is 12.3 Å². The van der Waals surface area contributed by atoms with Gasteiger partial charge in [0.1, 0.15) is 0 Å². The minimum atomic E-state index is -0.526. The molecule has 5 heteroatoms. The van der Waals surface area contributed by atoms with Crippen LogP contribution in [0.2, 0.25) is 0 Å². The van der Waals surface area contributed by atoms with Gasteiger partial charge < -0.3 is 11.1 Å². The van der Waals surface area contributed by atoms with Gasteiger partial charge in [-0.1, -0.05) is 30.3 Å². The summed E-state index contributed by atoms with van der Waals surface area (Å²) >= 11 is 1.50. The third-order valence-electron chi connectivity index (χ3n) is 1.80. The van der Waals surface area contributed by atoms with Gasteiger partial charge in [-0.2, -0.15) is 0 Å². The molecule has 86 valence electrons. The van der Waals surface area contributed by atoms with Crippen molar-refractivity contribution in [2.45, 2.75) is 5.75 Å². The van der Waals surface area contributed by atoms with Gasteiger partial charge in [0, 0.05) is 5.75 Å². The molecular weight excluding hydrogens is 224 g/mol. The molecule has 0 unspecified atom stereocenters. The number of hydrogen-bond acceptors (Lipinski definition) is 3. The summed E-state index contributed by atoms with van der Waals surface area (Å²) in [4.78, 5) is 21.6. The fourth-order valence-electron chi connectivity index (χ4n) is 1.07. The van der Waals surface area contributed by atoms with E-state index in [2.05, 4.69) is 5.32 Å². The Morgan fingerprint density at radius 1 is 1.25 bits per heavy atom. The van der Waals surface area contributed by atoms with Gasteiger partial charge in [-0.25, -0.2) is 0 Å². The molecule has 0 heterocycles. The summed E-state index contributed by atoms with van der Waals surface area (Å²) in [6, 6.07) is 9.89. The average Bonchev–Trinajstić information content (AvgIpc) is 2.28. The third-order valence-corrected chi connectivity index (χ3v) is 2.81. The van der Waals surface area contributed by atoms with Gasteiger partial charge in [0.05, 0.1) is 12.3 Å². The van der Waals surface area contributed by atoms with Crippen LogP contribution >= 0.6 is 11.8 Å². The molecule has 0 radical (unpaired) electrons. The van der Waals surface area contributed by atoms with Gasteiger partial charge in [-0.15, -0.1) is 11.8 Å². The third kappa shape index (κ3) is 5.41. The minimum Gasteiger partial charge on any atom is -0.368 e. The predicted molar refractivity (Wildman–Crippen MR) is 64.8 cm³/mol. The lowest BCUT2D eigenvalue weighted by Crippen LogP contribution is -2.34. The summed E-state index contributed by atoms with van der Waals surface area (Å²) in [6.07, 6.45) is 0. The number of benzene rings is 1. The molecule has 0 spiro atoms. The Morgan fingerprint density at radius 2 is 1.94 bits per heavy atom. The van der Waals surface area contributed by atoms with Crippen molar-refractivity contribution in [3.8, 4) is 0 Å². The fraction of sp³-hybridized carbons (Fsp3) is 0.273. The normalized spacial score (nSPS) is 9.75. The zero-order chi connectivity index (χ0) is 11.8. The van der Waals surface area contributed by atoms with Crippen LogP contribution in [-0.4, -0.2) is 24.1 Å². The maximum absolute atomic E-state index is 11.2. The summed E-state index contributed by atoms with van der Waals surface area (Å²) in [7, 11) is 0. The van der Waals surface area contributed by atoms with E-state index in [1.807, 2.05) is 30.3 Å².